The molecule has 104 valence electrons. The second-order valence-corrected chi connectivity index (χ2v) is 5.06. The highest BCUT2D eigenvalue weighted by atomic mass is 35.5. The summed E-state index contributed by atoms with van der Waals surface area (Å²) in [6, 6.07) is 8.11. The second kappa shape index (κ2) is 6.01. The van der Waals surface area contributed by atoms with Gasteiger partial charge in [0.1, 0.15) is 16.8 Å². The van der Waals surface area contributed by atoms with Gasteiger partial charge in [0, 0.05) is 13.6 Å². The first-order chi connectivity index (χ1) is 9.52. The number of nitrogens with zero attached hydrogens (tertiary/aromatic N) is 3. The van der Waals surface area contributed by atoms with Gasteiger partial charge in [-0.3, -0.25) is 4.79 Å². The number of anilines is 1. The fraction of sp³-hybridized carbons (Fsp3) is 0.267. The third-order valence-electron chi connectivity index (χ3n) is 3.14. The third-order valence-corrected chi connectivity index (χ3v) is 3.43. The Morgan fingerprint density at radius 1 is 1.25 bits per heavy atom. The molecule has 1 aromatic carbocycles. The second-order valence-electron chi connectivity index (χ2n) is 4.70. The highest BCUT2D eigenvalue weighted by Gasteiger charge is 2.15. The average molecular weight is 290 g/mol. The Kier molecular flexibility index (Phi) is 4.35. The Hall–Kier alpha value is -1.94. The standard InChI is InChI=1S/C15H16ClN3O/c1-10-6-4-5-7-12(10)8-19(3)15-13(9-20)14(16)17-11(2)18-15/h4-7,9H,8H2,1-3H3. The SMILES string of the molecule is Cc1nc(Cl)c(C=O)c(N(C)Cc2ccccc2C)n1. The molecule has 0 aliphatic heterocycles. The molecule has 0 saturated heterocycles. The Bertz CT molecular complexity index is 643. The van der Waals surface area contributed by atoms with Crippen LogP contribution >= 0.6 is 11.6 Å². The predicted molar refractivity (Wildman–Crippen MR) is 80.5 cm³/mol. The van der Waals surface area contributed by atoms with Crippen molar-refractivity contribution in [3.05, 3.63) is 51.9 Å². The molecule has 0 N–H and O–H groups in total. The van der Waals surface area contributed by atoms with Crippen LogP contribution in [0.5, 0.6) is 0 Å². The van der Waals surface area contributed by atoms with E-state index >= 15 is 0 Å². The summed E-state index contributed by atoms with van der Waals surface area (Å²) in [6.45, 7) is 4.47. The molecule has 20 heavy (non-hydrogen) atoms. The summed E-state index contributed by atoms with van der Waals surface area (Å²) in [5.74, 6) is 1.10. The lowest BCUT2D eigenvalue weighted by molar-refractivity contribution is 0.112. The first kappa shape index (κ1) is 14.5. The summed E-state index contributed by atoms with van der Waals surface area (Å²) in [5.41, 5.74) is 2.71. The van der Waals surface area contributed by atoms with Gasteiger partial charge in [-0.2, -0.15) is 0 Å². The van der Waals surface area contributed by atoms with Crippen molar-refractivity contribution in [3.63, 3.8) is 0 Å². The predicted octanol–water partition coefficient (Wildman–Crippen LogP) is 3.20. The minimum absolute atomic E-state index is 0.194. The summed E-state index contributed by atoms with van der Waals surface area (Å²) < 4.78 is 0. The highest BCUT2D eigenvalue weighted by Crippen LogP contribution is 2.23. The molecule has 0 saturated carbocycles. The van der Waals surface area contributed by atoms with Crippen molar-refractivity contribution in [1.82, 2.24) is 9.97 Å². The molecule has 0 aliphatic carbocycles. The number of hydrogen-bond donors (Lipinski definition) is 0. The van der Waals surface area contributed by atoms with Gasteiger partial charge in [0.2, 0.25) is 0 Å². The number of carbonyl (C=O) groups is 1. The van der Waals surface area contributed by atoms with Gasteiger partial charge in [0.25, 0.3) is 0 Å². The van der Waals surface area contributed by atoms with Crippen molar-refractivity contribution >= 4 is 23.7 Å². The molecule has 0 atom stereocenters. The quantitative estimate of drug-likeness (QED) is 0.640. The van der Waals surface area contributed by atoms with E-state index in [4.69, 9.17) is 11.6 Å². The maximum Gasteiger partial charge on any atom is 0.156 e. The Labute approximate surface area is 123 Å². The normalized spacial score (nSPS) is 10.4. The van der Waals surface area contributed by atoms with E-state index < -0.39 is 0 Å². The maximum atomic E-state index is 11.2. The lowest BCUT2D eigenvalue weighted by atomic mass is 10.1. The van der Waals surface area contributed by atoms with Crippen LogP contribution in [0.1, 0.15) is 27.3 Å². The minimum Gasteiger partial charge on any atom is -0.355 e. The topological polar surface area (TPSA) is 46.1 Å². The zero-order valence-corrected chi connectivity index (χ0v) is 12.5. The van der Waals surface area contributed by atoms with Crippen LogP contribution < -0.4 is 4.90 Å². The van der Waals surface area contributed by atoms with E-state index in [1.54, 1.807) is 6.92 Å². The molecule has 0 bridgehead atoms. The molecule has 1 heterocycles. The van der Waals surface area contributed by atoms with Crippen molar-refractivity contribution < 1.29 is 4.79 Å². The number of halogens is 1. The van der Waals surface area contributed by atoms with Crippen LogP contribution in [0.25, 0.3) is 0 Å². The first-order valence-corrected chi connectivity index (χ1v) is 6.65. The Balaban J connectivity index is 2.36. The molecule has 1 aromatic heterocycles. The summed E-state index contributed by atoms with van der Waals surface area (Å²) in [7, 11) is 1.89. The molecule has 0 fully saturated rings. The molecule has 4 nitrogen and oxygen atoms in total. The number of aromatic nitrogens is 2. The van der Waals surface area contributed by atoms with Crippen LogP contribution in [0.2, 0.25) is 5.15 Å². The fourth-order valence-electron chi connectivity index (χ4n) is 2.04. The molecule has 5 heteroatoms. The van der Waals surface area contributed by atoms with E-state index in [1.165, 1.54) is 11.1 Å². The molecular weight excluding hydrogens is 274 g/mol. The van der Waals surface area contributed by atoms with E-state index in [9.17, 15) is 4.79 Å². The van der Waals surface area contributed by atoms with Crippen LogP contribution in [0.4, 0.5) is 5.82 Å². The zero-order chi connectivity index (χ0) is 14.7. The monoisotopic (exact) mass is 289 g/mol. The van der Waals surface area contributed by atoms with Crippen LogP contribution in [-0.2, 0) is 6.54 Å². The fourth-order valence-corrected chi connectivity index (χ4v) is 2.29. The van der Waals surface area contributed by atoms with E-state index in [2.05, 4.69) is 29.0 Å². The lowest BCUT2D eigenvalue weighted by Crippen LogP contribution is -2.21. The van der Waals surface area contributed by atoms with E-state index in [0.717, 1.165) is 0 Å². The van der Waals surface area contributed by atoms with Crippen LogP contribution in [0.3, 0.4) is 0 Å². The number of benzene rings is 1. The summed E-state index contributed by atoms with van der Waals surface area (Å²) in [4.78, 5) is 21.4. The third kappa shape index (κ3) is 2.96. The number of carbonyl (C=O) groups excluding carboxylic acids is 1. The van der Waals surface area contributed by atoms with Crippen LogP contribution in [-0.4, -0.2) is 23.3 Å². The molecule has 0 radical (unpaired) electrons. The minimum atomic E-state index is 0.194. The number of hydrogen-bond acceptors (Lipinski definition) is 4. The van der Waals surface area contributed by atoms with Crippen molar-refractivity contribution in [2.75, 3.05) is 11.9 Å². The zero-order valence-electron chi connectivity index (χ0n) is 11.7. The van der Waals surface area contributed by atoms with E-state index in [-0.39, 0.29) is 5.15 Å². The smallest absolute Gasteiger partial charge is 0.156 e. The van der Waals surface area contributed by atoms with Gasteiger partial charge in [0.15, 0.2) is 6.29 Å². The van der Waals surface area contributed by atoms with Crippen molar-refractivity contribution in [2.24, 2.45) is 0 Å². The molecule has 0 spiro atoms. The molecule has 2 aromatic rings. The van der Waals surface area contributed by atoms with Gasteiger partial charge < -0.3 is 4.90 Å². The largest absolute Gasteiger partial charge is 0.355 e. The van der Waals surface area contributed by atoms with E-state index in [1.807, 2.05) is 24.1 Å². The van der Waals surface area contributed by atoms with Crippen LogP contribution in [0.15, 0.2) is 24.3 Å². The summed E-state index contributed by atoms with van der Waals surface area (Å²) in [5, 5.41) is 0.194. The number of rotatable bonds is 4. The summed E-state index contributed by atoms with van der Waals surface area (Å²) in [6.07, 6.45) is 0.700. The first-order valence-electron chi connectivity index (χ1n) is 6.28. The number of aryl methyl sites for hydroxylation is 2. The van der Waals surface area contributed by atoms with Crippen molar-refractivity contribution in [1.29, 1.82) is 0 Å². The van der Waals surface area contributed by atoms with Gasteiger partial charge in [-0.05, 0) is 25.0 Å². The molecule has 0 aliphatic rings. The van der Waals surface area contributed by atoms with Crippen LogP contribution in [0, 0.1) is 13.8 Å². The summed E-state index contributed by atoms with van der Waals surface area (Å²) >= 11 is 6.00. The maximum absolute atomic E-state index is 11.2. The average Bonchev–Trinajstić information content (AvgIpc) is 2.40. The Morgan fingerprint density at radius 3 is 2.60 bits per heavy atom. The van der Waals surface area contributed by atoms with Gasteiger partial charge >= 0.3 is 0 Å². The molecule has 0 unspecified atom stereocenters. The lowest BCUT2D eigenvalue weighted by Gasteiger charge is -2.21. The van der Waals surface area contributed by atoms with Gasteiger partial charge in [-0.1, -0.05) is 35.9 Å². The number of aldehydes is 1. The van der Waals surface area contributed by atoms with Gasteiger partial charge in [-0.25, -0.2) is 9.97 Å². The molecule has 2 rings (SSSR count). The van der Waals surface area contributed by atoms with Gasteiger partial charge in [-0.15, -0.1) is 0 Å². The van der Waals surface area contributed by atoms with E-state index in [0.29, 0.717) is 30.0 Å². The molecule has 0 amide bonds. The Morgan fingerprint density at radius 2 is 1.95 bits per heavy atom. The van der Waals surface area contributed by atoms with Crippen molar-refractivity contribution in [2.45, 2.75) is 20.4 Å². The van der Waals surface area contributed by atoms with Gasteiger partial charge in [0.05, 0.1) is 5.56 Å². The molecular formula is C15H16ClN3O. The highest BCUT2D eigenvalue weighted by molar-refractivity contribution is 6.32. The van der Waals surface area contributed by atoms with Crippen molar-refractivity contribution in [3.8, 4) is 0 Å².